The summed E-state index contributed by atoms with van der Waals surface area (Å²) in [5.74, 6) is 1.64. The third-order valence-electron chi connectivity index (χ3n) is 4.76. The number of phenolic OH excluding ortho intramolecular Hbond substituents is 2. The zero-order chi connectivity index (χ0) is 18.4. The van der Waals surface area contributed by atoms with Gasteiger partial charge in [0.1, 0.15) is 11.5 Å². The summed E-state index contributed by atoms with van der Waals surface area (Å²) in [5.41, 5.74) is 4.56. The van der Waals surface area contributed by atoms with E-state index in [4.69, 9.17) is 0 Å². The molecule has 25 heavy (non-hydrogen) atoms. The molecule has 0 aliphatic heterocycles. The van der Waals surface area contributed by atoms with E-state index < -0.39 is 0 Å². The van der Waals surface area contributed by atoms with Crippen molar-refractivity contribution in [2.75, 3.05) is 0 Å². The molecule has 0 saturated heterocycles. The van der Waals surface area contributed by atoms with Gasteiger partial charge in [-0.3, -0.25) is 0 Å². The molecule has 2 N–H and O–H groups in total. The van der Waals surface area contributed by atoms with Crippen molar-refractivity contribution in [2.24, 2.45) is 5.92 Å². The SMILES string of the molecule is CCCc1cc(C(CC(C)C)c2ccc(O)c(CCC)c2)ccc1O. The predicted octanol–water partition coefficient (Wildman–Crippen LogP) is 6.18. The van der Waals surface area contributed by atoms with E-state index in [1.54, 1.807) is 0 Å². The average Bonchev–Trinajstić information content (AvgIpc) is 2.57. The van der Waals surface area contributed by atoms with Crippen molar-refractivity contribution in [1.82, 2.24) is 0 Å². The molecule has 0 fully saturated rings. The third-order valence-corrected chi connectivity index (χ3v) is 4.76. The fraction of sp³-hybridized carbons (Fsp3) is 0.478. The highest BCUT2D eigenvalue weighted by Gasteiger charge is 2.18. The highest BCUT2D eigenvalue weighted by Crippen LogP contribution is 2.35. The van der Waals surface area contributed by atoms with Gasteiger partial charge < -0.3 is 10.2 Å². The van der Waals surface area contributed by atoms with Gasteiger partial charge in [0.2, 0.25) is 0 Å². The molecule has 2 rings (SSSR count). The third kappa shape index (κ3) is 5.01. The van der Waals surface area contributed by atoms with Gasteiger partial charge in [0, 0.05) is 5.92 Å². The summed E-state index contributed by atoms with van der Waals surface area (Å²) in [4.78, 5) is 0. The van der Waals surface area contributed by atoms with Crippen LogP contribution >= 0.6 is 0 Å². The lowest BCUT2D eigenvalue weighted by Crippen LogP contribution is -2.06. The zero-order valence-corrected chi connectivity index (χ0v) is 16.0. The van der Waals surface area contributed by atoms with E-state index in [0.29, 0.717) is 17.4 Å². The van der Waals surface area contributed by atoms with Crippen LogP contribution in [0.25, 0.3) is 0 Å². The van der Waals surface area contributed by atoms with Crippen molar-refractivity contribution in [3.63, 3.8) is 0 Å². The largest absolute Gasteiger partial charge is 0.508 e. The Bertz CT molecular complexity index is 633. The molecular weight excluding hydrogens is 308 g/mol. The summed E-state index contributed by atoms with van der Waals surface area (Å²) in [7, 11) is 0. The fourth-order valence-electron chi connectivity index (χ4n) is 3.52. The van der Waals surface area contributed by atoms with Crippen LogP contribution < -0.4 is 0 Å². The molecule has 2 nitrogen and oxygen atoms in total. The highest BCUT2D eigenvalue weighted by molar-refractivity contribution is 5.44. The standard InChI is InChI=1S/C23H32O2/c1-5-7-19-14-17(9-11-22(19)24)21(13-16(3)4)18-10-12-23(25)20(15-18)8-6-2/h9-12,14-16,21,24-25H,5-8,13H2,1-4H3. The molecule has 0 unspecified atom stereocenters. The Hall–Kier alpha value is -1.96. The van der Waals surface area contributed by atoms with Crippen molar-refractivity contribution in [2.45, 2.75) is 65.7 Å². The lowest BCUT2D eigenvalue weighted by molar-refractivity contribution is 0.466. The molecule has 0 aliphatic rings. The first-order valence-corrected chi connectivity index (χ1v) is 9.59. The van der Waals surface area contributed by atoms with Gasteiger partial charge in [-0.25, -0.2) is 0 Å². The van der Waals surface area contributed by atoms with Crippen LogP contribution in [-0.4, -0.2) is 10.2 Å². The van der Waals surface area contributed by atoms with E-state index in [2.05, 4.69) is 39.8 Å². The maximum atomic E-state index is 10.1. The second-order valence-electron chi connectivity index (χ2n) is 7.46. The Morgan fingerprint density at radius 3 is 1.56 bits per heavy atom. The molecule has 2 aromatic rings. The maximum absolute atomic E-state index is 10.1. The normalized spacial score (nSPS) is 11.4. The Balaban J connectivity index is 2.46. The summed E-state index contributed by atoms with van der Waals surface area (Å²) < 4.78 is 0. The number of hydrogen-bond donors (Lipinski definition) is 2. The van der Waals surface area contributed by atoms with Gasteiger partial charge in [-0.05, 0) is 59.6 Å². The van der Waals surface area contributed by atoms with E-state index in [9.17, 15) is 10.2 Å². The van der Waals surface area contributed by atoms with Gasteiger partial charge in [0.25, 0.3) is 0 Å². The molecule has 0 radical (unpaired) electrons. The molecule has 0 amide bonds. The Kier molecular flexibility index (Phi) is 6.92. The Morgan fingerprint density at radius 2 is 1.20 bits per heavy atom. The van der Waals surface area contributed by atoms with E-state index in [0.717, 1.165) is 43.2 Å². The predicted molar refractivity (Wildman–Crippen MR) is 106 cm³/mol. The minimum Gasteiger partial charge on any atom is -0.508 e. The molecule has 0 aliphatic carbocycles. The van der Waals surface area contributed by atoms with E-state index in [1.165, 1.54) is 11.1 Å². The number of aryl methyl sites for hydroxylation is 2. The summed E-state index contributed by atoms with van der Waals surface area (Å²) in [5, 5.41) is 20.2. The van der Waals surface area contributed by atoms with Crippen molar-refractivity contribution >= 4 is 0 Å². The second kappa shape index (κ2) is 8.94. The van der Waals surface area contributed by atoms with E-state index in [1.807, 2.05) is 24.3 Å². The summed E-state index contributed by atoms with van der Waals surface area (Å²) in [6, 6.07) is 12.1. The highest BCUT2D eigenvalue weighted by atomic mass is 16.3. The van der Waals surface area contributed by atoms with Crippen LogP contribution in [0.1, 0.15) is 75.1 Å². The van der Waals surface area contributed by atoms with Crippen molar-refractivity contribution in [3.05, 3.63) is 58.7 Å². The summed E-state index contributed by atoms with van der Waals surface area (Å²) in [6.45, 7) is 8.75. The molecule has 2 aromatic carbocycles. The van der Waals surface area contributed by atoms with Crippen molar-refractivity contribution in [3.8, 4) is 11.5 Å². The van der Waals surface area contributed by atoms with Crippen LogP contribution in [0.15, 0.2) is 36.4 Å². The van der Waals surface area contributed by atoms with Gasteiger partial charge in [-0.2, -0.15) is 0 Å². The monoisotopic (exact) mass is 340 g/mol. The zero-order valence-electron chi connectivity index (χ0n) is 16.0. The molecule has 2 heteroatoms. The van der Waals surface area contributed by atoms with E-state index >= 15 is 0 Å². The van der Waals surface area contributed by atoms with Crippen LogP contribution in [0.5, 0.6) is 11.5 Å². The smallest absolute Gasteiger partial charge is 0.118 e. The number of hydrogen-bond acceptors (Lipinski definition) is 2. The average molecular weight is 341 g/mol. The van der Waals surface area contributed by atoms with Gasteiger partial charge in [0.15, 0.2) is 0 Å². The van der Waals surface area contributed by atoms with E-state index in [-0.39, 0.29) is 5.92 Å². The minimum absolute atomic E-state index is 0.285. The molecular formula is C23H32O2. The Morgan fingerprint density at radius 1 is 0.760 bits per heavy atom. The molecule has 0 spiro atoms. The topological polar surface area (TPSA) is 40.5 Å². The fourth-order valence-corrected chi connectivity index (χ4v) is 3.52. The number of benzene rings is 2. The van der Waals surface area contributed by atoms with Gasteiger partial charge >= 0.3 is 0 Å². The molecule has 0 bridgehead atoms. The summed E-state index contributed by atoms with van der Waals surface area (Å²) >= 11 is 0. The number of phenols is 2. The lowest BCUT2D eigenvalue weighted by atomic mass is 9.83. The quantitative estimate of drug-likeness (QED) is 0.602. The molecule has 0 atom stereocenters. The van der Waals surface area contributed by atoms with Crippen LogP contribution in [0.4, 0.5) is 0 Å². The first-order valence-electron chi connectivity index (χ1n) is 9.59. The van der Waals surface area contributed by atoms with Crippen LogP contribution in [0.3, 0.4) is 0 Å². The van der Waals surface area contributed by atoms with Gasteiger partial charge in [-0.1, -0.05) is 64.8 Å². The van der Waals surface area contributed by atoms with Crippen LogP contribution in [0.2, 0.25) is 0 Å². The minimum atomic E-state index is 0.285. The molecule has 136 valence electrons. The maximum Gasteiger partial charge on any atom is 0.118 e. The molecule has 0 heterocycles. The van der Waals surface area contributed by atoms with Crippen molar-refractivity contribution in [1.29, 1.82) is 0 Å². The molecule has 0 aromatic heterocycles. The van der Waals surface area contributed by atoms with Crippen LogP contribution in [0, 0.1) is 5.92 Å². The first kappa shape index (κ1) is 19.4. The van der Waals surface area contributed by atoms with Crippen molar-refractivity contribution < 1.29 is 10.2 Å². The molecule has 0 saturated carbocycles. The number of aromatic hydroxyl groups is 2. The number of rotatable bonds is 8. The van der Waals surface area contributed by atoms with Gasteiger partial charge in [-0.15, -0.1) is 0 Å². The lowest BCUT2D eigenvalue weighted by Gasteiger charge is -2.22. The van der Waals surface area contributed by atoms with Gasteiger partial charge in [0.05, 0.1) is 0 Å². The second-order valence-corrected chi connectivity index (χ2v) is 7.46. The van der Waals surface area contributed by atoms with Crippen LogP contribution in [-0.2, 0) is 12.8 Å². The Labute approximate surface area is 152 Å². The summed E-state index contributed by atoms with van der Waals surface area (Å²) in [6.07, 6.45) is 4.87. The first-order chi connectivity index (χ1) is 12.0.